The van der Waals surface area contributed by atoms with Crippen LogP contribution in [0.4, 0.5) is 14.5 Å². The summed E-state index contributed by atoms with van der Waals surface area (Å²) in [4.78, 5) is 24.2. The predicted molar refractivity (Wildman–Crippen MR) is 125 cm³/mol. The molecule has 0 saturated heterocycles. The van der Waals surface area contributed by atoms with Crippen LogP contribution in [0.15, 0.2) is 90.0 Å². The maximum Gasteiger partial charge on any atom is 0.329 e. The molecule has 0 saturated carbocycles. The van der Waals surface area contributed by atoms with Crippen LogP contribution in [0.2, 0.25) is 0 Å². The third kappa shape index (κ3) is 5.60. The molecule has 8 heteroatoms. The number of rotatable bonds is 6. The number of nitrogens with one attached hydrogen (secondary N) is 2. The fourth-order valence-corrected chi connectivity index (χ4v) is 3.20. The van der Waals surface area contributed by atoms with Gasteiger partial charge in [-0.2, -0.15) is 5.10 Å². The first-order chi connectivity index (χ1) is 16.5. The van der Waals surface area contributed by atoms with E-state index in [-0.39, 0.29) is 18.1 Å². The number of hydrogen-bond acceptors (Lipinski definition) is 4. The van der Waals surface area contributed by atoms with E-state index >= 15 is 0 Å². The van der Waals surface area contributed by atoms with Gasteiger partial charge in [-0.3, -0.25) is 9.59 Å². The van der Waals surface area contributed by atoms with Gasteiger partial charge in [0.25, 0.3) is 0 Å². The third-order valence-electron chi connectivity index (χ3n) is 4.91. The summed E-state index contributed by atoms with van der Waals surface area (Å²) in [6.45, 7) is 0.200. The average Bonchev–Trinajstić information content (AvgIpc) is 2.85. The Morgan fingerprint density at radius 2 is 1.50 bits per heavy atom. The fraction of sp³-hybridized carbons (Fsp3) is 0.0385. The van der Waals surface area contributed by atoms with Crippen LogP contribution in [-0.2, 0) is 16.2 Å². The van der Waals surface area contributed by atoms with Crippen LogP contribution >= 0.6 is 0 Å². The van der Waals surface area contributed by atoms with Crippen molar-refractivity contribution in [3.63, 3.8) is 0 Å². The van der Waals surface area contributed by atoms with Gasteiger partial charge in [0.05, 0.1) is 6.21 Å². The third-order valence-corrected chi connectivity index (χ3v) is 4.91. The molecule has 0 aliphatic rings. The molecule has 4 aromatic rings. The quantitative estimate of drug-likeness (QED) is 0.247. The van der Waals surface area contributed by atoms with Gasteiger partial charge in [0.1, 0.15) is 24.0 Å². The number of carbonyl (C=O) groups is 2. The van der Waals surface area contributed by atoms with Crippen LogP contribution in [0.3, 0.4) is 0 Å². The van der Waals surface area contributed by atoms with Crippen molar-refractivity contribution in [2.75, 3.05) is 5.32 Å². The second-order valence-corrected chi connectivity index (χ2v) is 7.27. The summed E-state index contributed by atoms with van der Waals surface area (Å²) >= 11 is 0. The first kappa shape index (κ1) is 22.6. The van der Waals surface area contributed by atoms with Gasteiger partial charge in [-0.05, 0) is 58.8 Å². The lowest BCUT2D eigenvalue weighted by molar-refractivity contribution is -0.136. The molecule has 0 atom stereocenters. The second-order valence-electron chi connectivity index (χ2n) is 7.27. The summed E-state index contributed by atoms with van der Waals surface area (Å²) in [6, 6.07) is 22.2. The zero-order valence-corrected chi connectivity index (χ0v) is 17.8. The van der Waals surface area contributed by atoms with Gasteiger partial charge in [-0.25, -0.2) is 14.2 Å². The maximum absolute atomic E-state index is 13.2. The molecule has 170 valence electrons. The summed E-state index contributed by atoms with van der Waals surface area (Å²) < 4.78 is 32.1. The molecule has 0 radical (unpaired) electrons. The Morgan fingerprint density at radius 1 is 0.824 bits per heavy atom. The Morgan fingerprint density at radius 3 is 2.24 bits per heavy atom. The molecule has 0 spiro atoms. The van der Waals surface area contributed by atoms with E-state index in [1.54, 1.807) is 18.2 Å². The standard InChI is InChI=1S/C26H19F2N3O3/c27-19-8-5-17(6-9-19)16-34-24-14-7-18-3-1-2-4-22(18)23(24)15-29-31-26(33)25(32)30-21-12-10-20(28)11-13-21/h1-15H,16H2,(H,30,32)(H,31,33)/b29-15+. The normalized spacial score (nSPS) is 10.9. The minimum absolute atomic E-state index is 0.200. The first-order valence-electron chi connectivity index (χ1n) is 10.3. The minimum Gasteiger partial charge on any atom is -0.488 e. The molecule has 4 rings (SSSR count). The number of benzene rings is 4. The molecular weight excluding hydrogens is 440 g/mol. The van der Waals surface area contributed by atoms with E-state index in [9.17, 15) is 18.4 Å². The molecule has 6 nitrogen and oxygen atoms in total. The van der Waals surface area contributed by atoms with E-state index in [1.807, 2.05) is 30.3 Å². The average molecular weight is 459 g/mol. The summed E-state index contributed by atoms with van der Waals surface area (Å²) in [5.74, 6) is -2.23. The first-order valence-corrected chi connectivity index (χ1v) is 10.3. The summed E-state index contributed by atoms with van der Waals surface area (Å²) in [7, 11) is 0. The number of carbonyl (C=O) groups excluding carboxylic acids is 2. The molecule has 34 heavy (non-hydrogen) atoms. The number of fused-ring (bicyclic) bond motifs is 1. The Bertz CT molecular complexity index is 1350. The van der Waals surface area contributed by atoms with Crippen molar-refractivity contribution in [3.05, 3.63) is 108 Å². The van der Waals surface area contributed by atoms with Gasteiger partial charge in [-0.15, -0.1) is 0 Å². The van der Waals surface area contributed by atoms with Crippen LogP contribution in [0.1, 0.15) is 11.1 Å². The lowest BCUT2D eigenvalue weighted by atomic mass is 10.0. The smallest absolute Gasteiger partial charge is 0.329 e. The lowest BCUT2D eigenvalue weighted by Crippen LogP contribution is -2.32. The van der Waals surface area contributed by atoms with Crippen molar-refractivity contribution in [2.45, 2.75) is 6.61 Å². The van der Waals surface area contributed by atoms with E-state index in [1.165, 1.54) is 42.6 Å². The van der Waals surface area contributed by atoms with Crippen LogP contribution in [0, 0.1) is 11.6 Å². The topological polar surface area (TPSA) is 79.8 Å². The van der Waals surface area contributed by atoms with E-state index in [4.69, 9.17) is 4.74 Å². The van der Waals surface area contributed by atoms with Gasteiger partial charge in [0.15, 0.2) is 0 Å². The van der Waals surface area contributed by atoms with Crippen LogP contribution in [-0.4, -0.2) is 18.0 Å². The summed E-state index contributed by atoms with van der Waals surface area (Å²) in [5.41, 5.74) is 3.83. The second kappa shape index (κ2) is 10.4. The highest BCUT2D eigenvalue weighted by Gasteiger charge is 2.13. The van der Waals surface area contributed by atoms with Crippen molar-refractivity contribution in [2.24, 2.45) is 5.10 Å². The number of hydrazone groups is 1. The molecule has 4 aromatic carbocycles. The number of ether oxygens (including phenoxy) is 1. The Labute approximate surface area is 193 Å². The molecule has 0 bridgehead atoms. The van der Waals surface area contributed by atoms with E-state index in [2.05, 4.69) is 15.8 Å². The molecule has 2 amide bonds. The minimum atomic E-state index is -0.991. The number of anilines is 1. The molecule has 0 heterocycles. The largest absolute Gasteiger partial charge is 0.488 e. The highest BCUT2D eigenvalue weighted by atomic mass is 19.1. The SMILES string of the molecule is O=C(N/N=C/c1c(OCc2ccc(F)cc2)ccc2ccccc12)C(=O)Nc1ccc(F)cc1. The van der Waals surface area contributed by atoms with E-state index < -0.39 is 17.6 Å². The lowest BCUT2D eigenvalue weighted by Gasteiger charge is -2.12. The molecule has 0 aliphatic carbocycles. The van der Waals surface area contributed by atoms with Gasteiger partial charge in [0.2, 0.25) is 0 Å². The van der Waals surface area contributed by atoms with Crippen LogP contribution in [0.5, 0.6) is 5.75 Å². The molecule has 0 unspecified atom stereocenters. The summed E-state index contributed by atoms with van der Waals surface area (Å²) in [5, 5.41) is 8.03. The number of hydrogen-bond donors (Lipinski definition) is 2. The number of nitrogens with zero attached hydrogens (tertiary/aromatic N) is 1. The fourth-order valence-electron chi connectivity index (χ4n) is 3.20. The Kier molecular flexibility index (Phi) is 6.88. The number of halogens is 2. The van der Waals surface area contributed by atoms with Gasteiger partial charge < -0.3 is 10.1 Å². The van der Waals surface area contributed by atoms with Gasteiger partial charge in [-0.1, -0.05) is 42.5 Å². The molecule has 0 aliphatic heterocycles. The van der Waals surface area contributed by atoms with Gasteiger partial charge in [0, 0.05) is 11.3 Å². The van der Waals surface area contributed by atoms with Crippen molar-refractivity contribution in [1.29, 1.82) is 0 Å². The highest BCUT2D eigenvalue weighted by molar-refractivity contribution is 6.39. The van der Waals surface area contributed by atoms with E-state index in [0.717, 1.165) is 16.3 Å². The van der Waals surface area contributed by atoms with Crippen LogP contribution in [0.25, 0.3) is 10.8 Å². The molecular formula is C26H19F2N3O3. The van der Waals surface area contributed by atoms with Crippen molar-refractivity contribution >= 4 is 34.5 Å². The number of amides is 2. The van der Waals surface area contributed by atoms with Crippen molar-refractivity contribution in [1.82, 2.24) is 5.43 Å². The zero-order chi connectivity index (χ0) is 23.9. The monoisotopic (exact) mass is 459 g/mol. The van der Waals surface area contributed by atoms with Crippen LogP contribution < -0.4 is 15.5 Å². The Hall–Kier alpha value is -4.59. The highest BCUT2D eigenvalue weighted by Crippen LogP contribution is 2.27. The maximum atomic E-state index is 13.2. The molecule has 0 fully saturated rings. The van der Waals surface area contributed by atoms with E-state index in [0.29, 0.717) is 11.3 Å². The van der Waals surface area contributed by atoms with Crippen molar-refractivity contribution in [3.8, 4) is 5.75 Å². The van der Waals surface area contributed by atoms with Crippen molar-refractivity contribution < 1.29 is 23.1 Å². The molecule has 2 N–H and O–H groups in total. The molecule has 0 aromatic heterocycles. The Balaban J connectivity index is 1.49. The predicted octanol–water partition coefficient (Wildman–Crippen LogP) is 4.79. The summed E-state index contributed by atoms with van der Waals surface area (Å²) in [6.07, 6.45) is 1.39. The van der Waals surface area contributed by atoms with Gasteiger partial charge >= 0.3 is 11.8 Å². The zero-order valence-electron chi connectivity index (χ0n) is 17.8.